The van der Waals surface area contributed by atoms with Crippen LogP contribution in [-0.4, -0.2) is 25.0 Å². The summed E-state index contributed by atoms with van der Waals surface area (Å²) in [5, 5.41) is 2.83. The second-order valence-corrected chi connectivity index (χ2v) is 5.63. The Labute approximate surface area is 124 Å². The summed E-state index contributed by atoms with van der Waals surface area (Å²) < 4.78 is 4.73. The van der Waals surface area contributed by atoms with E-state index in [1.54, 1.807) is 18.2 Å². The lowest BCUT2D eigenvalue weighted by molar-refractivity contribution is -0.117. The van der Waals surface area contributed by atoms with Crippen LogP contribution < -0.4 is 11.1 Å². The first-order valence-electron chi connectivity index (χ1n) is 7.25. The van der Waals surface area contributed by atoms with Gasteiger partial charge in [-0.15, -0.1) is 0 Å². The zero-order chi connectivity index (χ0) is 15.4. The van der Waals surface area contributed by atoms with Crippen LogP contribution in [0, 0.1) is 12.8 Å². The number of amides is 1. The van der Waals surface area contributed by atoms with E-state index >= 15 is 0 Å². The van der Waals surface area contributed by atoms with Gasteiger partial charge < -0.3 is 15.8 Å². The van der Waals surface area contributed by atoms with Crippen LogP contribution in [0.25, 0.3) is 0 Å². The molecule has 21 heavy (non-hydrogen) atoms. The number of carbonyl (C=O) groups is 2. The van der Waals surface area contributed by atoms with E-state index in [4.69, 9.17) is 10.5 Å². The molecule has 114 valence electrons. The van der Waals surface area contributed by atoms with Crippen molar-refractivity contribution in [3.8, 4) is 0 Å². The Hall–Kier alpha value is -1.88. The lowest BCUT2D eigenvalue weighted by Crippen LogP contribution is -2.28. The smallest absolute Gasteiger partial charge is 0.338 e. The maximum atomic E-state index is 12.1. The van der Waals surface area contributed by atoms with Gasteiger partial charge in [-0.1, -0.05) is 12.5 Å². The molecule has 1 aliphatic carbocycles. The van der Waals surface area contributed by atoms with E-state index in [1.807, 2.05) is 6.92 Å². The molecule has 1 aliphatic rings. The fourth-order valence-corrected chi connectivity index (χ4v) is 2.80. The van der Waals surface area contributed by atoms with Crippen molar-refractivity contribution in [3.63, 3.8) is 0 Å². The lowest BCUT2D eigenvalue weighted by Gasteiger charge is -2.15. The van der Waals surface area contributed by atoms with E-state index in [9.17, 15) is 9.59 Å². The van der Waals surface area contributed by atoms with Crippen LogP contribution >= 0.6 is 0 Å². The maximum absolute atomic E-state index is 12.1. The van der Waals surface area contributed by atoms with E-state index in [1.165, 1.54) is 7.11 Å². The molecule has 2 rings (SSSR count). The van der Waals surface area contributed by atoms with Gasteiger partial charge in [0.05, 0.1) is 12.7 Å². The van der Waals surface area contributed by atoms with E-state index < -0.39 is 5.97 Å². The third-order valence-corrected chi connectivity index (χ3v) is 4.09. The van der Waals surface area contributed by atoms with Gasteiger partial charge in [-0.05, 0) is 43.4 Å². The van der Waals surface area contributed by atoms with Gasteiger partial charge in [-0.2, -0.15) is 0 Å². The molecule has 0 unspecified atom stereocenters. The van der Waals surface area contributed by atoms with Crippen LogP contribution in [0.2, 0.25) is 0 Å². The minimum absolute atomic E-state index is 0.0583. The Morgan fingerprint density at radius 2 is 2.14 bits per heavy atom. The fourth-order valence-electron chi connectivity index (χ4n) is 2.80. The van der Waals surface area contributed by atoms with Crippen LogP contribution in [0.15, 0.2) is 18.2 Å². The molecule has 5 nitrogen and oxygen atoms in total. The Kier molecular flexibility index (Phi) is 4.96. The van der Waals surface area contributed by atoms with Crippen LogP contribution in [0.1, 0.15) is 41.6 Å². The zero-order valence-electron chi connectivity index (χ0n) is 12.5. The van der Waals surface area contributed by atoms with Crippen molar-refractivity contribution >= 4 is 17.6 Å². The first-order valence-corrected chi connectivity index (χ1v) is 7.25. The van der Waals surface area contributed by atoms with Crippen molar-refractivity contribution in [2.24, 2.45) is 11.7 Å². The van der Waals surface area contributed by atoms with Crippen molar-refractivity contribution < 1.29 is 14.3 Å². The average molecular weight is 290 g/mol. The average Bonchev–Trinajstić information content (AvgIpc) is 2.85. The number of anilines is 1. The van der Waals surface area contributed by atoms with Crippen molar-refractivity contribution in [2.75, 3.05) is 12.4 Å². The third-order valence-electron chi connectivity index (χ3n) is 4.09. The standard InChI is InChI=1S/C16H22N2O3/c1-10-6-7-12(9-13(10)16(20)21-2)18-15(19)8-11-4-3-5-14(11)17/h6-7,9,11,14H,3-5,8,17H2,1-2H3,(H,18,19)/t11-,14+/m0/s1. The van der Waals surface area contributed by atoms with Crippen molar-refractivity contribution in [1.29, 1.82) is 0 Å². The number of ether oxygens (including phenoxy) is 1. The number of esters is 1. The number of rotatable bonds is 4. The van der Waals surface area contributed by atoms with Crippen molar-refractivity contribution in [3.05, 3.63) is 29.3 Å². The summed E-state index contributed by atoms with van der Waals surface area (Å²) in [6.45, 7) is 1.83. The maximum Gasteiger partial charge on any atom is 0.338 e. The van der Waals surface area contributed by atoms with E-state index in [2.05, 4.69) is 5.32 Å². The molecule has 0 aromatic heterocycles. The monoisotopic (exact) mass is 290 g/mol. The summed E-state index contributed by atoms with van der Waals surface area (Å²) in [7, 11) is 1.34. The fraction of sp³-hybridized carbons (Fsp3) is 0.500. The molecule has 3 N–H and O–H groups in total. The van der Waals surface area contributed by atoms with Gasteiger partial charge in [0.1, 0.15) is 0 Å². The predicted molar refractivity (Wildman–Crippen MR) is 81.1 cm³/mol. The summed E-state index contributed by atoms with van der Waals surface area (Å²) in [6.07, 6.45) is 3.53. The van der Waals surface area contributed by atoms with Crippen LogP contribution in [0.5, 0.6) is 0 Å². The highest BCUT2D eigenvalue weighted by molar-refractivity contribution is 5.95. The summed E-state index contributed by atoms with van der Waals surface area (Å²) >= 11 is 0. The number of hydrogen-bond donors (Lipinski definition) is 2. The van der Waals surface area contributed by atoms with E-state index in [0.717, 1.165) is 24.8 Å². The van der Waals surface area contributed by atoms with Crippen LogP contribution in [-0.2, 0) is 9.53 Å². The first-order chi connectivity index (χ1) is 10.0. The van der Waals surface area contributed by atoms with Gasteiger partial charge in [0, 0.05) is 18.2 Å². The molecule has 1 aromatic rings. The number of hydrogen-bond acceptors (Lipinski definition) is 4. The molecule has 0 heterocycles. The molecule has 0 bridgehead atoms. The van der Waals surface area contributed by atoms with Gasteiger partial charge in [0.25, 0.3) is 0 Å². The number of nitrogens with one attached hydrogen (secondary N) is 1. The Morgan fingerprint density at radius 1 is 1.38 bits per heavy atom. The Balaban J connectivity index is 2.02. The molecule has 2 atom stereocenters. The number of benzene rings is 1. The molecule has 0 spiro atoms. The molecule has 5 heteroatoms. The largest absolute Gasteiger partial charge is 0.465 e. The van der Waals surface area contributed by atoms with Gasteiger partial charge in [0.15, 0.2) is 0 Å². The van der Waals surface area contributed by atoms with E-state index in [0.29, 0.717) is 17.7 Å². The summed E-state index contributed by atoms with van der Waals surface area (Å²) in [5.41, 5.74) is 7.87. The highest BCUT2D eigenvalue weighted by Gasteiger charge is 2.26. The molecular weight excluding hydrogens is 268 g/mol. The number of carbonyl (C=O) groups excluding carboxylic acids is 2. The number of aryl methyl sites for hydroxylation is 1. The second-order valence-electron chi connectivity index (χ2n) is 5.63. The van der Waals surface area contributed by atoms with Gasteiger partial charge >= 0.3 is 5.97 Å². The van der Waals surface area contributed by atoms with Crippen LogP contribution in [0.4, 0.5) is 5.69 Å². The predicted octanol–water partition coefficient (Wildman–Crippen LogP) is 2.24. The molecule has 0 saturated heterocycles. The second kappa shape index (κ2) is 6.72. The van der Waals surface area contributed by atoms with Gasteiger partial charge in [-0.25, -0.2) is 4.79 Å². The van der Waals surface area contributed by atoms with Crippen molar-refractivity contribution in [1.82, 2.24) is 0 Å². The molecule has 1 fully saturated rings. The quantitative estimate of drug-likeness (QED) is 0.833. The molecule has 1 amide bonds. The molecule has 1 saturated carbocycles. The molecule has 0 aliphatic heterocycles. The minimum Gasteiger partial charge on any atom is -0.465 e. The van der Waals surface area contributed by atoms with Gasteiger partial charge in [-0.3, -0.25) is 4.79 Å². The Morgan fingerprint density at radius 3 is 2.76 bits per heavy atom. The number of methoxy groups -OCH3 is 1. The summed E-state index contributed by atoms with van der Waals surface area (Å²) in [4.78, 5) is 23.7. The lowest BCUT2D eigenvalue weighted by atomic mass is 10.00. The third kappa shape index (κ3) is 3.82. The molecular formula is C16H22N2O3. The highest BCUT2D eigenvalue weighted by Crippen LogP contribution is 2.27. The van der Waals surface area contributed by atoms with E-state index in [-0.39, 0.29) is 17.9 Å². The number of nitrogens with two attached hydrogens (primary N) is 1. The normalized spacial score (nSPS) is 21.1. The SMILES string of the molecule is COC(=O)c1cc(NC(=O)C[C@@H]2CCC[C@H]2N)ccc1C. The zero-order valence-corrected chi connectivity index (χ0v) is 12.5. The van der Waals surface area contributed by atoms with Gasteiger partial charge in [0.2, 0.25) is 5.91 Å². The topological polar surface area (TPSA) is 81.4 Å². The summed E-state index contributed by atoms with van der Waals surface area (Å²) in [6, 6.07) is 5.35. The summed E-state index contributed by atoms with van der Waals surface area (Å²) in [5.74, 6) is -0.200. The van der Waals surface area contributed by atoms with Crippen molar-refractivity contribution in [2.45, 2.75) is 38.6 Å². The molecule has 0 radical (unpaired) electrons. The molecule has 1 aromatic carbocycles. The first kappa shape index (κ1) is 15.5. The highest BCUT2D eigenvalue weighted by atomic mass is 16.5. The Bertz CT molecular complexity index is 542. The van der Waals surface area contributed by atoms with Crippen LogP contribution in [0.3, 0.4) is 0 Å². The minimum atomic E-state index is -0.401.